The number of rotatable bonds is 4. The van der Waals surface area contributed by atoms with Gasteiger partial charge in [-0.2, -0.15) is 0 Å². The number of para-hydroxylation sites is 1. The molecule has 0 radical (unpaired) electrons. The van der Waals surface area contributed by atoms with Gasteiger partial charge in [0.15, 0.2) is 0 Å². The second-order valence-electron chi connectivity index (χ2n) is 5.25. The minimum Gasteiger partial charge on any atom is -0.491 e. The standard InChI is InChI=1S/C14H21NO2/c1-11(15-13(16)14(2,3)4)10-17-12-8-6-5-7-9-12/h5-9,11H,10H2,1-4H3,(H,15,16)/t11-/m0/s1. The summed E-state index contributed by atoms with van der Waals surface area (Å²) in [5, 5.41) is 2.93. The second-order valence-corrected chi connectivity index (χ2v) is 5.25. The van der Waals surface area contributed by atoms with E-state index >= 15 is 0 Å². The Morgan fingerprint density at radius 1 is 1.29 bits per heavy atom. The van der Waals surface area contributed by atoms with Crippen LogP contribution in [0.25, 0.3) is 0 Å². The van der Waals surface area contributed by atoms with Crippen LogP contribution >= 0.6 is 0 Å². The van der Waals surface area contributed by atoms with Crippen molar-refractivity contribution in [3.05, 3.63) is 30.3 Å². The number of nitrogens with one attached hydrogen (secondary N) is 1. The summed E-state index contributed by atoms with van der Waals surface area (Å²) < 4.78 is 5.57. The normalized spacial score (nSPS) is 12.9. The molecule has 0 heterocycles. The molecule has 3 nitrogen and oxygen atoms in total. The quantitative estimate of drug-likeness (QED) is 0.871. The van der Waals surface area contributed by atoms with Crippen molar-refractivity contribution in [1.82, 2.24) is 5.32 Å². The number of ether oxygens (including phenoxy) is 1. The lowest BCUT2D eigenvalue weighted by Gasteiger charge is -2.22. The maximum absolute atomic E-state index is 11.7. The van der Waals surface area contributed by atoms with Gasteiger partial charge in [-0.25, -0.2) is 0 Å². The van der Waals surface area contributed by atoms with Crippen LogP contribution in [0.3, 0.4) is 0 Å². The van der Waals surface area contributed by atoms with E-state index in [9.17, 15) is 4.79 Å². The number of carbonyl (C=O) groups is 1. The zero-order chi connectivity index (χ0) is 12.9. The van der Waals surface area contributed by atoms with E-state index in [0.717, 1.165) is 5.75 Å². The Kier molecular flexibility index (Phi) is 4.55. The molecule has 0 unspecified atom stereocenters. The summed E-state index contributed by atoms with van der Waals surface area (Å²) in [5.74, 6) is 0.867. The monoisotopic (exact) mass is 235 g/mol. The molecule has 0 bridgehead atoms. The van der Waals surface area contributed by atoms with Crippen molar-refractivity contribution in [2.75, 3.05) is 6.61 Å². The highest BCUT2D eigenvalue weighted by molar-refractivity contribution is 5.81. The van der Waals surface area contributed by atoms with Crippen LogP contribution in [-0.2, 0) is 4.79 Å². The first-order valence-corrected chi connectivity index (χ1v) is 5.88. The van der Waals surface area contributed by atoms with E-state index in [1.807, 2.05) is 58.0 Å². The van der Waals surface area contributed by atoms with Gasteiger partial charge >= 0.3 is 0 Å². The van der Waals surface area contributed by atoms with Gasteiger partial charge < -0.3 is 10.1 Å². The predicted molar refractivity (Wildman–Crippen MR) is 69.0 cm³/mol. The Morgan fingerprint density at radius 2 is 1.88 bits per heavy atom. The third kappa shape index (κ3) is 4.89. The summed E-state index contributed by atoms with van der Waals surface area (Å²) in [6, 6.07) is 9.59. The number of hydrogen-bond acceptors (Lipinski definition) is 2. The van der Waals surface area contributed by atoms with Crippen LogP contribution in [0.2, 0.25) is 0 Å². The molecule has 0 saturated carbocycles. The summed E-state index contributed by atoms with van der Waals surface area (Å²) in [6.45, 7) is 8.10. The Balaban J connectivity index is 2.36. The molecule has 3 heteroatoms. The molecule has 1 aromatic rings. The average molecular weight is 235 g/mol. The highest BCUT2D eigenvalue weighted by Crippen LogP contribution is 2.13. The summed E-state index contributed by atoms with van der Waals surface area (Å²) in [6.07, 6.45) is 0. The van der Waals surface area contributed by atoms with E-state index in [-0.39, 0.29) is 17.4 Å². The van der Waals surface area contributed by atoms with Crippen LogP contribution in [0.5, 0.6) is 5.75 Å². The van der Waals surface area contributed by atoms with Crippen LogP contribution in [0, 0.1) is 5.41 Å². The average Bonchev–Trinajstić information content (AvgIpc) is 2.26. The maximum Gasteiger partial charge on any atom is 0.225 e. The largest absolute Gasteiger partial charge is 0.491 e. The summed E-state index contributed by atoms with van der Waals surface area (Å²) in [5.41, 5.74) is -0.360. The molecule has 1 atom stereocenters. The van der Waals surface area contributed by atoms with E-state index < -0.39 is 0 Å². The zero-order valence-corrected chi connectivity index (χ0v) is 11.0. The molecule has 94 valence electrons. The van der Waals surface area contributed by atoms with Gasteiger partial charge in [0.1, 0.15) is 12.4 Å². The van der Waals surface area contributed by atoms with E-state index in [1.54, 1.807) is 0 Å². The maximum atomic E-state index is 11.7. The SMILES string of the molecule is C[C@@H](COc1ccccc1)NC(=O)C(C)(C)C. The van der Waals surface area contributed by atoms with Gasteiger partial charge in [0.25, 0.3) is 0 Å². The minimum atomic E-state index is -0.360. The molecule has 0 aliphatic heterocycles. The lowest BCUT2D eigenvalue weighted by Crippen LogP contribution is -2.42. The zero-order valence-electron chi connectivity index (χ0n) is 11.0. The Morgan fingerprint density at radius 3 is 2.41 bits per heavy atom. The molecule has 1 amide bonds. The second kappa shape index (κ2) is 5.71. The molecule has 0 aromatic heterocycles. The fourth-order valence-corrected chi connectivity index (χ4v) is 1.22. The smallest absolute Gasteiger partial charge is 0.225 e. The summed E-state index contributed by atoms with van der Waals surface area (Å²) >= 11 is 0. The number of benzene rings is 1. The molecule has 1 rings (SSSR count). The molecule has 0 spiro atoms. The van der Waals surface area contributed by atoms with Crippen molar-refractivity contribution in [2.24, 2.45) is 5.41 Å². The fraction of sp³-hybridized carbons (Fsp3) is 0.500. The van der Waals surface area contributed by atoms with Crippen molar-refractivity contribution in [3.8, 4) is 5.75 Å². The molecule has 0 aliphatic rings. The number of carbonyl (C=O) groups excluding carboxylic acids is 1. The Labute approximate surface area is 103 Å². The van der Waals surface area contributed by atoms with Gasteiger partial charge in [0.2, 0.25) is 5.91 Å². The molecule has 17 heavy (non-hydrogen) atoms. The highest BCUT2D eigenvalue weighted by atomic mass is 16.5. The van der Waals surface area contributed by atoms with Gasteiger partial charge in [-0.3, -0.25) is 4.79 Å². The lowest BCUT2D eigenvalue weighted by molar-refractivity contribution is -0.129. The van der Waals surface area contributed by atoms with Gasteiger partial charge in [-0.1, -0.05) is 39.0 Å². The van der Waals surface area contributed by atoms with Crippen LogP contribution in [0.4, 0.5) is 0 Å². The number of amides is 1. The van der Waals surface area contributed by atoms with Crippen molar-refractivity contribution in [1.29, 1.82) is 0 Å². The first kappa shape index (κ1) is 13.6. The van der Waals surface area contributed by atoms with Crippen LogP contribution in [0.15, 0.2) is 30.3 Å². The third-order valence-electron chi connectivity index (χ3n) is 2.30. The molecular formula is C14H21NO2. The van der Waals surface area contributed by atoms with Crippen LogP contribution in [-0.4, -0.2) is 18.6 Å². The third-order valence-corrected chi connectivity index (χ3v) is 2.30. The molecule has 0 fully saturated rings. The topological polar surface area (TPSA) is 38.3 Å². The van der Waals surface area contributed by atoms with E-state index in [1.165, 1.54) is 0 Å². The van der Waals surface area contributed by atoms with Crippen LogP contribution in [0.1, 0.15) is 27.7 Å². The summed E-state index contributed by atoms with van der Waals surface area (Å²) in [7, 11) is 0. The summed E-state index contributed by atoms with van der Waals surface area (Å²) in [4.78, 5) is 11.7. The van der Waals surface area contributed by atoms with E-state index in [4.69, 9.17) is 4.74 Å². The molecular weight excluding hydrogens is 214 g/mol. The van der Waals surface area contributed by atoms with Crippen molar-refractivity contribution in [2.45, 2.75) is 33.7 Å². The molecule has 1 aromatic carbocycles. The van der Waals surface area contributed by atoms with Gasteiger partial charge in [-0.05, 0) is 19.1 Å². The minimum absolute atomic E-state index is 0.00179. The van der Waals surface area contributed by atoms with Crippen LogP contribution < -0.4 is 10.1 Å². The molecule has 0 saturated heterocycles. The Hall–Kier alpha value is -1.51. The van der Waals surface area contributed by atoms with Crippen molar-refractivity contribution in [3.63, 3.8) is 0 Å². The van der Waals surface area contributed by atoms with Gasteiger partial charge in [0, 0.05) is 5.41 Å². The Bertz CT molecular complexity index is 354. The van der Waals surface area contributed by atoms with Crippen molar-refractivity contribution >= 4 is 5.91 Å². The lowest BCUT2D eigenvalue weighted by atomic mass is 9.95. The van der Waals surface area contributed by atoms with Gasteiger partial charge in [-0.15, -0.1) is 0 Å². The molecule has 0 aliphatic carbocycles. The van der Waals surface area contributed by atoms with Gasteiger partial charge in [0.05, 0.1) is 6.04 Å². The highest BCUT2D eigenvalue weighted by Gasteiger charge is 2.22. The van der Waals surface area contributed by atoms with E-state index in [2.05, 4.69) is 5.32 Å². The predicted octanol–water partition coefficient (Wildman–Crippen LogP) is 2.62. The molecule has 1 N–H and O–H groups in total. The van der Waals surface area contributed by atoms with Crippen molar-refractivity contribution < 1.29 is 9.53 Å². The number of hydrogen-bond donors (Lipinski definition) is 1. The van der Waals surface area contributed by atoms with E-state index in [0.29, 0.717) is 6.61 Å². The first-order chi connectivity index (χ1) is 7.89. The first-order valence-electron chi connectivity index (χ1n) is 5.88. The fourth-order valence-electron chi connectivity index (χ4n) is 1.22.